The highest BCUT2D eigenvalue weighted by Gasteiger charge is 2.43. The molecule has 3 N–H and O–H groups in total. The van der Waals surface area contributed by atoms with E-state index in [2.05, 4.69) is 4.85 Å². The molecule has 0 radical (unpaired) electrons. The van der Waals surface area contributed by atoms with Crippen molar-refractivity contribution in [1.29, 1.82) is 0 Å². The largest absolute Gasteiger partial charge is 0.478 e. The summed E-state index contributed by atoms with van der Waals surface area (Å²) >= 11 is 0. The number of morpholine rings is 1. The number of carboxylic acids is 1. The summed E-state index contributed by atoms with van der Waals surface area (Å²) in [6.45, 7) is 23.1. The summed E-state index contributed by atoms with van der Waals surface area (Å²) < 4.78 is 20.6. The molecule has 2 aliphatic heterocycles. The SMILES string of the molecule is CC.CC(=O)O[C@@H](C(=O)O)[C@H]1OCCN(c2ccc3c(c2)C(=O)N(C)C3)C1=O.[C-]#[N+]c1ccc(N)cc1CN(C(=O)OC(C)(C)C)C(=O)OC(C)(C)C. The Morgan fingerprint density at radius 3 is 2.11 bits per heavy atom. The van der Waals surface area contributed by atoms with E-state index in [1.807, 2.05) is 13.8 Å². The predicted octanol–water partition coefficient (Wildman–Crippen LogP) is 5.54. The molecule has 0 aromatic heterocycles. The second-order valence-electron chi connectivity index (χ2n) is 13.7. The Hall–Kier alpha value is -5.69. The second kappa shape index (κ2) is 18.2. The fourth-order valence-electron chi connectivity index (χ4n) is 4.95. The maximum atomic E-state index is 12.8. The minimum absolute atomic E-state index is 0.0758. The molecule has 2 heterocycles. The van der Waals surface area contributed by atoms with Crippen LogP contribution in [0.3, 0.4) is 0 Å². The monoisotopic (exact) mass is 739 g/mol. The molecule has 4 amide bonds. The Morgan fingerprint density at radius 2 is 1.60 bits per heavy atom. The maximum Gasteiger partial charge on any atom is 0.420 e. The van der Waals surface area contributed by atoms with Crippen molar-refractivity contribution in [3.05, 3.63) is 64.5 Å². The van der Waals surface area contributed by atoms with Gasteiger partial charge in [0.15, 0.2) is 11.8 Å². The standard InChI is InChI=1S/C18H25N3O4.C17H18N2O7.C2H6/c1-17(2,3)24-15(22)21(16(23)25-18(4,5)6)11-12-10-13(19)8-9-14(12)20-7;1-9(20)26-14(17(23)24)13-16(22)19(5-6-25-13)11-4-3-10-8-18(2)15(21)12(10)7-11;1-2/h8-10H,11,19H2,1-6H3;3-4,7,13-14H,5-6,8H2,1-2H3,(H,23,24);1-2H3/t;13-,14-;/m.1./s1. The summed E-state index contributed by atoms with van der Waals surface area (Å²) in [4.78, 5) is 79.5. The summed E-state index contributed by atoms with van der Waals surface area (Å²) in [5, 5.41) is 9.26. The van der Waals surface area contributed by atoms with Crippen molar-refractivity contribution in [2.24, 2.45) is 0 Å². The average Bonchev–Trinajstić information content (AvgIpc) is 3.34. The van der Waals surface area contributed by atoms with Crippen LogP contribution in [0.4, 0.5) is 26.7 Å². The molecule has 0 bridgehead atoms. The molecule has 4 rings (SSSR count). The van der Waals surface area contributed by atoms with E-state index in [1.165, 1.54) is 4.90 Å². The van der Waals surface area contributed by atoms with Crippen molar-refractivity contribution in [3.8, 4) is 0 Å². The average molecular weight is 740 g/mol. The van der Waals surface area contributed by atoms with Gasteiger partial charge in [0.1, 0.15) is 11.2 Å². The number of fused-ring (bicyclic) bond motifs is 1. The van der Waals surface area contributed by atoms with Crippen LogP contribution in [0.15, 0.2) is 36.4 Å². The molecule has 0 spiro atoms. The molecule has 16 heteroatoms. The van der Waals surface area contributed by atoms with Crippen LogP contribution in [0.1, 0.15) is 83.8 Å². The number of carboxylic acid groups (broad SMARTS) is 1. The van der Waals surface area contributed by atoms with E-state index in [9.17, 15) is 33.9 Å². The van der Waals surface area contributed by atoms with Crippen molar-refractivity contribution in [3.63, 3.8) is 0 Å². The van der Waals surface area contributed by atoms with E-state index >= 15 is 0 Å². The van der Waals surface area contributed by atoms with Gasteiger partial charge in [0.05, 0.1) is 19.7 Å². The number of benzene rings is 2. The maximum absolute atomic E-state index is 12.8. The number of imide groups is 1. The van der Waals surface area contributed by atoms with Gasteiger partial charge in [0.25, 0.3) is 11.8 Å². The van der Waals surface area contributed by atoms with E-state index < -0.39 is 53.4 Å². The smallest absolute Gasteiger partial charge is 0.420 e. The van der Waals surface area contributed by atoms with E-state index in [0.717, 1.165) is 17.4 Å². The van der Waals surface area contributed by atoms with E-state index in [4.69, 9.17) is 31.3 Å². The first-order valence-electron chi connectivity index (χ1n) is 16.8. The molecule has 1 fully saturated rings. The molecule has 0 unspecified atom stereocenters. The number of nitrogen functional groups attached to an aromatic ring is 1. The van der Waals surface area contributed by atoms with Crippen LogP contribution in [-0.2, 0) is 46.4 Å². The van der Waals surface area contributed by atoms with Crippen molar-refractivity contribution in [2.45, 2.75) is 98.8 Å². The third-order valence-electron chi connectivity index (χ3n) is 7.10. The molecular formula is C37H49N5O11. The first-order chi connectivity index (χ1) is 24.6. The van der Waals surface area contributed by atoms with Gasteiger partial charge in [0.2, 0.25) is 6.10 Å². The van der Waals surface area contributed by atoms with Crippen LogP contribution in [0.2, 0.25) is 0 Å². The van der Waals surface area contributed by atoms with Crippen molar-refractivity contribution in [1.82, 2.24) is 9.80 Å². The number of hydrogen-bond donors (Lipinski definition) is 2. The number of carbonyl (C=O) groups is 6. The Morgan fingerprint density at radius 1 is 1.02 bits per heavy atom. The zero-order chi connectivity index (χ0) is 40.4. The number of hydrogen-bond acceptors (Lipinski definition) is 11. The molecule has 1 saturated heterocycles. The number of anilines is 2. The first-order valence-corrected chi connectivity index (χ1v) is 16.8. The second-order valence-corrected chi connectivity index (χ2v) is 13.7. The number of ether oxygens (including phenoxy) is 4. The molecular weight excluding hydrogens is 690 g/mol. The van der Waals surface area contributed by atoms with E-state index in [-0.39, 0.29) is 25.6 Å². The quantitative estimate of drug-likeness (QED) is 0.163. The van der Waals surface area contributed by atoms with Crippen LogP contribution in [0.25, 0.3) is 4.85 Å². The number of nitrogens with two attached hydrogens (primary N) is 1. The van der Waals surface area contributed by atoms with Gasteiger partial charge in [-0.2, -0.15) is 0 Å². The molecule has 53 heavy (non-hydrogen) atoms. The van der Waals surface area contributed by atoms with Crippen molar-refractivity contribution < 1.29 is 52.8 Å². The minimum atomic E-state index is -1.73. The zero-order valence-corrected chi connectivity index (χ0v) is 31.8. The Balaban J connectivity index is 0.000000351. The lowest BCUT2D eigenvalue weighted by Crippen LogP contribution is -2.55. The Kier molecular flexibility index (Phi) is 14.9. The van der Waals surface area contributed by atoms with Crippen LogP contribution in [0.5, 0.6) is 0 Å². The Labute approximate surface area is 309 Å². The van der Waals surface area contributed by atoms with Gasteiger partial charge >= 0.3 is 24.1 Å². The number of aliphatic carboxylic acids is 1. The lowest BCUT2D eigenvalue weighted by Gasteiger charge is -2.34. The van der Waals surface area contributed by atoms with Crippen LogP contribution in [-0.4, -0.2) is 94.5 Å². The minimum Gasteiger partial charge on any atom is -0.478 e. The van der Waals surface area contributed by atoms with Crippen LogP contribution >= 0.6 is 0 Å². The summed E-state index contributed by atoms with van der Waals surface area (Å²) in [6.07, 6.45) is -4.87. The third-order valence-corrected chi connectivity index (χ3v) is 7.10. The molecule has 2 aromatic carbocycles. The van der Waals surface area contributed by atoms with E-state index in [0.29, 0.717) is 34.7 Å². The summed E-state index contributed by atoms with van der Waals surface area (Å²) in [5.74, 6) is -3.06. The number of amides is 4. The number of nitrogens with zero attached hydrogens (tertiary/aromatic N) is 4. The van der Waals surface area contributed by atoms with E-state index in [1.54, 1.807) is 89.9 Å². The summed E-state index contributed by atoms with van der Waals surface area (Å²) in [6, 6.07) is 9.76. The van der Waals surface area contributed by atoms with Gasteiger partial charge in [-0.15, -0.1) is 0 Å². The van der Waals surface area contributed by atoms with Gasteiger partial charge in [0, 0.05) is 44.0 Å². The highest BCUT2D eigenvalue weighted by molar-refractivity contribution is 6.03. The van der Waals surface area contributed by atoms with Crippen molar-refractivity contribution in [2.75, 3.05) is 30.8 Å². The topological polar surface area (TPSA) is 200 Å². The molecule has 288 valence electrons. The fourth-order valence-corrected chi connectivity index (χ4v) is 4.95. The summed E-state index contributed by atoms with van der Waals surface area (Å²) in [5.41, 5.74) is 7.20. The van der Waals surface area contributed by atoms with Gasteiger partial charge in [-0.1, -0.05) is 26.0 Å². The molecule has 2 aliphatic rings. The molecule has 0 saturated carbocycles. The molecule has 2 atom stereocenters. The molecule has 2 aromatic rings. The van der Waals surface area contributed by atoms with Gasteiger partial charge in [-0.05, 0) is 76.9 Å². The van der Waals surface area contributed by atoms with Crippen LogP contribution in [0, 0.1) is 6.57 Å². The number of esters is 1. The molecule has 0 aliphatic carbocycles. The summed E-state index contributed by atoms with van der Waals surface area (Å²) in [7, 11) is 1.69. The van der Waals surface area contributed by atoms with Crippen LogP contribution < -0.4 is 10.6 Å². The predicted molar refractivity (Wildman–Crippen MR) is 194 cm³/mol. The highest BCUT2D eigenvalue weighted by Crippen LogP contribution is 2.29. The lowest BCUT2D eigenvalue weighted by atomic mass is 10.1. The van der Waals surface area contributed by atoms with Crippen molar-refractivity contribution >= 4 is 53.0 Å². The van der Waals surface area contributed by atoms with Gasteiger partial charge in [-0.3, -0.25) is 14.4 Å². The lowest BCUT2D eigenvalue weighted by molar-refractivity contribution is -0.177. The fraction of sp³-hybridized carbons (Fsp3) is 0.486. The Bertz CT molecular complexity index is 1710. The highest BCUT2D eigenvalue weighted by atomic mass is 16.6. The zero-order valence-electron chi connectivity index (χ0n) is 31.8. The van der Waals surface area contributed by atoms with Gasteiger partial charge < -0.3 is 39.6 Å². The van der Waals surface area contributed by atoms with Gasteiger partial charge in [-0.25, -0.2) is 24.1 Å². The normalized spacial score (nSPS) is 15.7. The number of carbonyl (C=O) groups excluding carboxylic acids is 5. The third kappa shape index (κ3) is 12.2. The molecule has 16 nitrogen and oxygen atoms in total. The number of rotatable bonds is 6. The first kappa shape index (κ1) is 43.5.